The van der Waals surface area contributed by atoms with E-state index in [1.54, 1.807) is 19.2 Å². The van der Waals surface area contributed by atoms with Gasteiger partial charge in [0.25, 0.3) is 0 Å². The number of halogens is 1. The van der Waals surface area contributed by atoms with Crippen LogP contribution in [0.1, 0.15) is 32.8 Å². The Morgan fingerprint density at radius 3 is 2.81 bits per heavy atom. The first-order valence-corrected chi connectivity index (χ1v) is 7.67. The lowest BCUT2D eigenvalue weighted by atomic mass is 10.1. The molecular weight excluding hydrogens is 267 g/mol. The minimum absolute atomic E-state index is 0.0210. The summed E-state index contributed by atoms with van der Waals surface area (Å²) in [6, 6.07) is 5.36. The van der Waals surface area contributed by atoms with Crippen molar-refractivity contribution in [2.75, 3.05) is 31.7 Å². The number of anilines is 1. The van der Waals surface area contributed by atoms with E-state index in [1.165, 1.54) is 0 Å². The van der Waals surface area contributed by atoms with Crippen molar-refractivity contribution in [1.82, 2.24) is 5.32 Å². The van der Waals surface area contributed by atoms with Crippen LogP contribution in [0.2, 0.25) is 0 Å². The molecule has 1 aromatic carbocycles. The predicted molar refractivity (Wildman–Crippen MR) is 85.2 cm³/mol. The van der Waals surface area contributed by atoms with Gasteiger partial charge in [0.15, 0.2) is 0 Å². The highest BCUT2D eigenvalue weighted by atomic mass is 19.1. The molecule has 1 saturated heterocycles. The molecule has 0 spiro atoms. The Morgan fingerprint density at radius 1 is 1.38 bits per heavy atom. The topological polar surface area (TPSA) is 24.5 Å². The highest BCUT2D eigenvalue weighted by Gasteiger charge is 2.26. The van der Waals surface area contributed by atoms with Crippen molar-refractivity contribution in [3.63, 3.8) is 0 Å². The van der Waals surface area contributed by atoms with Gasteiger partial charge in [0.05, 0.1) is 12.3 Å². The van der Waals surface area contributed by atoms with Gasteiger partial charge in [0.1, 0.15) is 5.82 Å². The number of nitrogens with one attached hydrogen (secondary N) is 1. The van der Waals surface area contributed by atoms with Crippen LogP contribution in [0.5, 0.6) is 0 Å². The maximum absolute atomic E-state index is 14.3. The molecule has 0 bridgehead atoms. The quantitative estimate of drug-likeness (QED) is 0.902. The molecule has 118 valence electrons. The maximum atomic E-state index is 14.3. The third kappa shape index (κ3) is 4.42. The summed E-state index contributed by atoms with van der Waals surface area (Å²) in [5.41, 5.74) is 1.81. The van der Waals surface area contributed by atoms with Crippen molar-refractivity contribution in [2.45, 2.75) is 39.3 Å². The number of ether oxygens (including phenoxy) is 1. The van der Waals surface area contributed by atoms with Gasteiger partial charge in [-0.15, -0.1) is 0 Å². The van der Waals surface area contributed by atoms with Crippen molar-refractivity contribution >= 4 is 5.69 Å². The summed E-state index contributed by atoms with van der Waals surface area (Å²) in [6.45, 7) is 9.57. The molecule has 1 aromatic rings. The second kappa shape index (κ2) is 6.75. The molecule has 0 radical (unpaired) electrons. The molecule has 1 aliphatic rings. The number of methoxy groups -OCH3 is 1. The van der Waals surface area contributed by atoms with Gasteiger partial charge in [-0.3, -0.25) is 0 Å². The molecule has 1 fully saturated rings. The zero-order valence-electron chi connectivity index (χ0n) is 13.6. The fraction of sp³-hybridized carbons (Fsp3) is 0.647. The van der Waals surface area contributed by atoms with Gasteiger partial charge in [0, 0.05) is 38.2 Å². The third-order valence-corrected chi connectivity index (χ3v) is 3.88. The summed E-state index contributed by atoms with van der Waals surface area (Å²) >= 11 is 0. The summed E-state index contributed by atoms with van der Waals surface area (Å²) < 4.78 is 19.6. The van der Waals surface area contributed by atoms with Gasteiger partial charge < -0.3 is 15.0 Å². The number of benzene rings is 1. The summed E-state index contributed by atoms with van der Waals surface area (Å²) in [7, 11) is 1.73. The number of hydrogen-bond acceptors (Lipinski definition) is 3. The maximum Gasteiger partial charge on any atom is 0.146 e. The van der Waals surface area contributed by atoms with Gasteiger partial charge in [0.2, 0.25) is 0 Å². The summed E-state index contributed by atoms with van der Waals surface area (Å²) in [4.78, 5) is 2.17. The Labute approximate surface area is 127 Å². The van der Waals surface area contributed by atoms with Crippen LogP contribution in [0.15, 0.2) is 18.2 Å². The predicted octanol–water partition coefficient (Wildman–Crippen LogP) is 3.19. The molecule has 2 rings (SSSR count). The molecular formula is C17H27FN2O. The van der Waals surface area contributed by atoms with Crippen LogP contribution in [-0.2, 0) is 11.3 Å². The number of para-hydroxylation sites is 1. The standard InChI is InChI=1S/C17H27FN2O/c1-17(2,3)19-10-14-6-5-7-15(18)16(14)20-9-8-13(11-20)12-21-4/h5-7,13,19H,8-12H2,1-4H3. The molecule has 3 nitrogen and oxygen atoms in total. The largest absolute Gasteiger partial charge is 0.384 e. The van der Waals surface area contributed by atoms with E-state index in [0.29, 0.717) is 12.5 Å². The fourth-order valence-electron chi connectivity index (χ4n) is 2.82. The van der Waals surface area contributed by atoms with Gasteiger partial charge in [-0.1, -0.05) is 12.1 Å². The van der Waals surface area contributed by atoms with E-state index >= 15 is 0 Å². The molecule has 1 atom stereocenters. The Bertz CT molecular complexity index is 470. The molecule has 1 aliphatic heterocycles. The Hall–Kier alpha value is -1.13. The monoisotopic (exact) mass is 294 g/mol. The average molecular weight is 294 g/mol. The lowest BCUT2D eigenvalue weighted by molar-refractivity contribution is 0.161. The summed E-state index contributed by atoms with van der Waals surface area (Å²) in [5.74, 6) is 0.374. The highest BCUT2D eigenvalue weighted by Crippen LogP contribution is 2.30. The first-order valence-electron chi connectivity index (χ1n) is 7.67. The molecule has 1 N–H and O–H groups in total. The van der Waals surface area contributed by atoms with Crippen LogP contribution in [0.3, 0.4) is 0 Å². The Kier molecular flexibility index (Phi) is 5.22. The number of hydrogen-bond donors (Lipinski definition) is 1. The van der Waals surface area contributed by atoms with Gasteiger partial charge in [-0.05, 0) is 38.8 Å². The molecule has 1 unspecified atom stereocenters. The van der Waals surface area contributed by atoms with Crippen molar-refractivity contribution in [1.29, 1.82) is 0 Å². The smallest absolute Gasteiger partial charge is 0.146 e. The van der Waals surface area contributed by atoms with Gasteiger partial charge >= 0.3 is 0 Å². The van der Waals surface area contributed by atoms with E-state index in [9.17, 15) is 4.39 Å². The molecule has 1 heterocycles. The minimum Gasteiger partial charge on any atom is -0.384 e. The third-order valence-electron chi connectivity index (χ3n) is 3.88. The van der Waals surface area contributed by atoms with Crippen molar-refractivity contribution < 1.29 is 9.13 Å². The zero-order valence-corrected chi connectivity index (χ0v) is 13.6. The highest BCUT2D eigenvalue weighted by molar-refractivity contribution is 5.55. The van der Waals surface area contributed by atoms with E-state index in [-0.39, 0.29) is 11.4 Å². The SMILES string of the molecule is COCC1CCN(c2c(F)cccc2CNC(C)(C)C)C1. The van der Waals surface area contributed by atoms with Crippen LogP contribution in [-0.4, -0.2) is 32.3 Å². The lowest BCUT2D eigenvalue weighted by Crippen LogP contribution is -2.35. The van der Waals surface area contributed by atoms with Crippen LogP contribution in [0, 0.1) is 11.7 Å². The lowest BCUT2D eigenvalue weighted by Gasteiger charge is -2.26. The number of nitrogens with zero attached hydrogens (tertiary/aromatic N) is 1. The van der Waals surface area contributed by atoms with Crippen molar-refractivity contribution in [3.8, 4) is 0 Å². The molecule has 4 heteroatoms. The zero-order chi connectivity index (χ0) is 15.5. The van der Waals surface area contributed by atoms with E-state index in [2.05, 4.69) is 31.0 Å². The first-order chi connectivity index (χ1) is 9.90. The van der Waals surface area contributed by atoms with Crippen molar-refractivity contribution in [2.24, 2.45) is 5.92 Å². The van der Waals surface area contributed by atoms with E-state index < -0.39 is 0 Å². The fourth-order valence-corrected chi connectivity index (χ4v) is 2.82. The van der Waals surface area contributed by atoms with E-state index in [1.807, 2.05) is 6.07 Å². The van der Waals surface area contributed by atoms with Crippen molar-refractivity contribution in [3.05, 3.63) is 29.6 Å². The van der Waals surface area contributed by atoms with E-state index in [4.69, 9.17) is 4.74 Å². The summed E-state index contributed by atoms with van der Waals surface area (Å²) in [6.07, 6.45) is 1.06. The van der Waals surface area contributed by atoms with Crippen LogP contribution in [0.4, 0.5) is 10.1 Å². The first kappa shape index (κ1) is 16.2. The second-order valence-electron chi connectivity index (χ2n) is 6.91. The minimum atomic E-state index is -0.124. The van der Waals surface area contributed by atoms with Crippen LogP contribution >= 0.6 is 0 Å². The average Bonchev–Trinajstić information content (AvgIpc) is 2.84. The van der Waals surface area contributed by atoms with Crippen LogP contribution in [0.25, 0.3) is 0 Å². The van der Waals surface area contributed by atoms with Gasteiger partial charge in [-0.2, -0.15) is 0 Å². The Balaban J connectivity index is 2.15. The molecule has 0 aromatic heterocycles. The molecule has 0 amide bonds. The second-order valence-corrected chi connectivity index (χ2v) is 6.91. The molecule has 0 aliphatic carbocycles. The normalized spacial score (nSPS) is 19.3. The summed E-state index contributed by atoms with van der Waals surface area (Å²) in [5, 5.41) is 3.45. The van der Waals surface area contributed by atoms with E-state index in [0.717, 1.165) is 37.4 Å². The Morgan fingerprint density at radius 2 is 2.14 bits per heavy atom. The van der Waals surface area contributed by atoms with Gasteiger partial charge in [-0.25, -0.2) is 4.39 Å². The molecule has 0 saturated carbocycles. The van der Waals surface area contributed by atoms with Crippen LogP contribution < -0.4 is 10.2 Å². The molecule has 21 heavy (non-hydrogen) atoms. The number of rotatable bonds is 5.